The predicted molar refractivity (Wildman–Crippen MR) is 68.9 cm³/mol. The summed E-state index contributed by atoms with van der Waals surface area (Å²) < 4.78 is 5.52. The van der Waals surface area contributed by atoms with Gasteiger partial charge in [0.1, 0.15) is 6.10 Å². The minimum absolute atomic E-state index is 0.0681. The Morgan fingerprint density at radius 1 is 1.65 bits per heavy atom. The number of hydrogen-bond acceptors (Lipinski definition) is 3. The van der Waals surface area contributed by atoms with Crippen LogP contribution in [0.2, 0.25) is 0 Å². The molecule has 0 aromatic rings. The average molecular weight is 240 g/mol. The SMILES string of the molecule is C=CCNC(=O)C(C)OCCC1CCCCN1. The molecule has 2 unspecified atom stereocenters. The number of carbonyl (C=O) groups is 1. The molecule has 98 valence electrons. The molecule has 1 saturated heterocycles. The van der Waals surface area contributed by atoms with E-state index in [1.165, 1.54) is 19.3 Å². The van der Waals surface area contributed by atoms with Crippen LogP contribution in [0.25, 0.3) is 0 Å². The summed E-state index contributed by atoms with van der Waals surface area (Å²) in [6, 6.07) is 0.562. The summed E-state index contributed by atoms with van der Waals surface area (Å²) in [5.74, 6) is -0.0681. The van der Waals surface area contributed by atoms with E-state index in [1.807, 2.05) is 0 Å². The monoisotopic (exact) mass is 240 g/mol. The van der Waals surface area contributed by atoms with Gasteiger partial charge in [0.15, 0.2) is 0 Å². The zero-order valence-electron chi connectivity index (χ0n) is 10.7. The standard InChI is InChI=1S/C13H24N2O2/c1-3-8-15-13(16)11(2)17-10-7-12-6-4-5-9-14-12/h3,11-12,14H,1,4-10H2,2H3,(H,15,16). The molecule has 1 amide bonds. The highest BCUT2D eigenvalue weighted by molar-refractivity contribution is 5.80. The first-order valence-corrected chi connectivity index (χ1v) is 6.47. The summed E-state index contributed by atoms with van der Waals surface area (Å²) in [6.45, 7) is 7.58. The molecule has 4 heteroatoms. The van der Waals surface area contributed by atoms with Crippen molar-refractivity contribution in [2.75, 3.05) is 19.7 Å². The summed E-state index contributed by atoms with van der Waals surface area (Å²) in [5.41, 5.74) is 0. The Kier molecular flexibility index (Phi) is 6.89. The predicted octanol–water partition coefficient (Wildman–Crippen LogP) is 1.23. The first kappa shape index (κ1) is 14.2. The van der Waals surface area contributed by atoms with Gasteiger partial charge >= 0.3 is 0 Å². The number of amides is 1. The lowest BCUT2D eigenvalue weighted by molar-refractivity contribution is -0.131. The normalized spacial score (nSPS) is 21.8. The Labute approximate surface area is 104 Å². The van der Waals surface area contributed by atoms with Crippen LogP contribution in [-0.4, -0.2) is 37.7 Å². The summed E-state index contributed by atoms with van der Waals surface area (Å²) in [4.78, 5) is 11.5. The minimum Gasteiger partial charge on any atom is -0.369 e. The van der Waals surface area contributed by atoms with Crippen LogP contribution in [0.15, 0.2) is 12.7 Å². The maximum atomic E-state index is 11.5. The van der Waals surface area contributed by atoms with Gasteiger partial charge in [0.2, 0.25) is 5.91 Å². The van der Waals surface area contributed by atoms with Gasteiger partial charge in [-0.25, -0.2) is 0 Å². The van der Waals surface area contributed by atoms with E-state index >= 15 is 0 Å². The van der Waals surface area contributed by atoms with E-state index < -0.39 is 0 Å². The molecule has 0 aromatic heterocycles. The van der Waals surface area contributed by atoms with E-state index in [2.05, 4.69) is 17.2 Å². The summed E-state index contributed by atoms with van der Waals surface area (Å²) >= 11 is 0. The van der Waals surface area contributed by atoms with Crippen LogP contribution in [0.4, 0.5) is 0 Å². The molecule has 0 aromatic carbocycles. The molecule has 0 saturated carbocycles. The van der Waals surface area contributed by atoms with Gasteiger partial charge in [-0.1, -0.05) is 12.5 Å². The van der Waals surface area contributed by atoms with E-state index in [9.17, 15) is 4.79 Å². The fourth-order valence-electron chi connectivity index (χ4n) is 1.95. The van der Waals surface area contributed by atoms with Crippen LogP contribution in [-0.2, 0) is 9.53 Å². The molecular weight excluding hydrogens is 216 g/mol. The lowest BCUT2D eigenvalue weighted by atomic mass is 10.0. The second-order valence-corrected chi connectivity index (χ2v) is 4.48. The van der Waals surface area contributed by atoms with Crippen LogP contribution in [0, 0.1) is 0 Å². The Morgan fingerprint density at radius 3 is 3.12 bits per heavy atom. The molecule has 17 heavy (non-hydrogen) atoms. The summed E-state index contributed by atoms with van der Waals surface area (Å²) in [7, 11) is 0. The molecule has 4 nitrogen and oxygen atoms in total. The molecule has 0 bridgehead atoms. The molecule has 0 radical (unpaired) electrons. The van der Waals surface area contributed by atoms with Crippen molar-refractivity contribution >= 4 is 5.91 Å². The third-order valence-corrected chi connectivity index (χ3v) is 3.04. The fraction of sp³-hybridized carbons (Fsp3) is 0.769. The maximum absolute atomic E-state index is 11.5. The van der Waals surface area contributed by atoms with Crippen molar-refractivity contribution in [1.82, 2.24) is 10.6 Å². The highest BCUT2D eigenvalue weighted by Gasteiger charge is 2.15. The Balaban J connectivity index is 2.07. The van der Waals surface area contributed by atoms with Crippen molar-refractivity contribution < 1.29 is 9.53 Å². The smallest absolute Gasteiger partial charge is 0.249 e. The van der Waals surface area contributed by atoms with Crippen molar-refractivity contribution in [3.63, 3.8) is 0 Å². The molecule has 0 spiro atoms. The second-order valence-electron chi connectivity index (χ2n) is 4.48. The summed E-state index contributed by atoms with van der Waals surface area (Å²) in [5, 5.41) is 6.19. The van der Waals surface area contributed by atoms with Crippen LogP contribution in [0.3, 0.4) is 0 Å². The molecule has 1 aliphatic heterocycles. The Hall–Kier alpha value is -0.870. The molecule has 1 aliphatic rings. The number of nitrogens with one attached hydrogen (secondary N) is 2. The molecule has 2 N–H and O–H groups in total. The number of carbonyl (C=O) groups excluding carboxylic acids is 1. The van der Waals surface area contributed by atoms with E-state index in [4.69, 9.17) is 4.74 Å². The molecular formula is C13H24N2O2. The van der Waals surface area contributed by atoms with Gasteiger partial charge in [-0.2, -0.15) is 0 Å². The molecule has 2 atom stereocenters. The maximum Gasteiger partial charge on any atom is 0.249 e. The Bertz CT molecular complexity index is 238. The minimum atomic E-state index is -0.376. The number of ether oxygens (including phenoxy) is 1. The average Bonchev–Trinajstić information content (AvgIpc) is 2.37. The highest BCUT2D eigenvalue weighted by atomic mass is 16.5. The number of piperidine rings is 1. The highest BCUT2D eigenvalue weighted by Crippen LogP contribution is 2.10. The largest absolute Gasteiger partial charge is 0.369 e. The first-order valence-electron chi connectivity index (χ1n) is 6.47. The van der Waals surface area contributed by atoms with E-state index in [0.717, 1.165) is 13.0 Å². The number of rotatable bonds is 7. The quantitative estimate of drug-likeness (QED) is 0.658. The van der Waals surface area contributed by atoms with Crippen LogP contribution in [0.1, 0.15) is 32.6 Å². The number of hydrogen-bond donors (Lipinski definition) is 2. The first-order chi connectivity index (χ1) is 8.24. The van der Waals surface area contributed by atoms with Crippen LogP contribution >= 0.6 is 0 Å². The zero-order chi connectivity index (χ0) is 12.5. The Morgan fingerprint density at radius 2 is 2.47 bits per heavy atom. The van der Waals surface area contributed by atoms with E-state index in [1.54, 1.807) is 13.0 Å². The van der Waals surface area contributed by atoms with Crippen LogP contribution < -0.4 is 10.6 Å². The zero-order valence-corrected chi connectivity index (χ0v) is 10.7. The third kappa shape index (κ3) is 5.84. The van der Waals surface area contributed by atoms with Gasteiger partial charge in [-0.05, 0) is 32.7 Å². The van der Waals surface area contributed by atoms with Crippen molar-refractivity contribution in [2.45, 2.75) is 44.8 Å². The molecule has 1 heterocycles. The van der Waals surface area contributed by atoms with Gasteiger partial charge in [0.05, 0.1) is 0 Å². The van der Waals surface area contributed by atoms with Gasteiger partial charge in [0, 0.05) is 19.2 Å². The van der Waals surface area contributed by atoms with Crippen molar-refractivity contribution in [3.05, 3.63) is 12.7 Å². The second kappa shape index (κ2) is 8.25. The van der Waals surface area contributed by atoms with Gasteiger partial charge in [-0.3, -0.25) is 4.79 Å². The lowest BCUT2D eigenvalue weighted by Crippen LogP contribution is -2.37. The molecule has 1 fully saturated rings. The van der Waals surface area contributed by atoms with Gasteiger partial charge < -0.3 is 15.4 Å². The van der Waals surface area contributed by atoms with Crippen molar-refractivity contribution in [3.8, 4) is 0 Å². The van der Waals surface area contributed by atoms with Gasteiger partial charge in [0.25, 0.3) is 0 Å². The molecule has 0 aliphatic carbocycles. The summed E-state index contributed by atoms with van der Waals surface area (Å²) in [6.07, 6.45) is 6.07. The van der Waals surface area contributed by atoms with E-state index in [-0.39, 0.29) is 12.0 Å². The lowest BCUT2D eigenvalue weighted by Gasteiger charge is -2.23. The third-order valence-electron chi connectivity index (χ3n) is 3.04. The van der Waals surface area contributed by atoms with Crippen molar-refractivity contribution in [2.24, 2.45) is 0 Å². The van der Waals surface area contributed by atoms with E-state index in [0.29, 0.717) is 19.2 Å². The van der Waals surface area contributed by atoms with Gasteiger partial charge in [-0.15, -0.1) is 6.58 Å². The topological polar surface area (TPSA) is 50.4 Å². The van der Waals surface area contributed by atoms with Crippen LogP contribution in [0.5, 0.6) is 0 Å². The van der Waals surface area contributed by atoms with Crippen molar-refractivity contribution in [1.29, 1.82) is 0 Å². The molecule has 1 rings (SSSR count). The fourth-order valence-corrected chi connectivity index (χ4v) is 1.95.